The minimum absolute atomic E-state index is 0.0234. The zero-order valence-electron chi connectivity index (χ0n) is 7.75. The van der Waals surface area contributed by atoms with Gasteiger partial charge in [-0.15, -0.1) is 11.3 Å². The summed E-state index contributed by atoms with van der Waals surface area (Å²) in [6, 6.07) is 2.19. The van der Waals surface area contributed by atoms with E-state index in [1.165, 1.54) is 4.88 Å². The minimum Gasteiger partial charge on any atom is -0.379 e. The Labute approximate surface area is 95.6 Å². The summed E-state index contributed by atoms with van der Waals surface area (Å²) < 4.78 is 6.54. The van der Waals surface area contributed by atoms with Crippen LogP contribution in [-0.4, -0.2) is 18.8 Å². The Hall–Kier alpha value is 0.1000. The molecule has 0 aromatic carbocycles. The van der Waals surface area contributed by atoms with Gasteiger partial charge in [0.25, 0.3) is 0 Å². The maximum atomic E-state index is 6.34. The van der Waals surface area contributed by atoms with Crippen molar-refractivity contribution in [2.45, 2.75) is 23.8 Å². The molecule has 0 bridgehead atoms. The molecule has 1 saturated heterocycles. The number of ether oxygens (including phenoxy) is 1. The van der Waals surface area contributed by atoms with E-state index in [4.69, 9.17) is 10.5 Å². The van der Waals surface area contributed by atoms with Crippen LogP contribution in [0.1, 0.15) is 17.7 Å². The van der Waals surface area contributed by atoms with E-state index in [0.717, 1.165) is 30.5 Å². The van der Waals surface area contributed by atoms with E-state index in [1.807, 2.05) is 0 Å². The Kier molecular flexibility index (Phi) is 1.88. The third kappa shape index (κ3) is 1.08. The van der Waals surface area contributed by atoms with Gasteiger partial charge in [0.2, 0.25) is 0 Å². The highest BCUT2D eigenvalue weighted by molar-refractivity contribution is 9.10. The first-order chi connectivity index (χ1) is 6.66. The van der Waals surface area contributed by atoms with Crippen LogP contribution in [0, 0.1) is 0 Å². The lowest BCUT2D eigenvalue weighted by atomic mass is 9.75. The smallest absolute Gasteiger partial charge is 0.0693 e. The van der Waals surface area contributed by atoms with Crippen LogP contribution in [-0.2, 0) is 10.2 Å². The average molecular weight is 274 g/mol. The van der Waals surface area contributed by atoms with Crippen LogP contribution in [0.3, 0.4) is 0 Å². The van der Waals surface area contributed by atoms with Crippen molar-refractivity contribution >= 4 is 27.3 Å². The molecule has 4 heteroatoms. The van der Waals surface area contributed by atoms with E-state index in [1.54, 1.807) is 11.3 Å². The molecule has 76 valence electrons. The molecule has 0 unspecified atom stereocenters. The normalized spacial score (nSPS) is 27.0. The fourth-order valence-electron chi connectivity index (χ4n) is 2.16. The maximum absolute atomic E-state index is 6.34. The second-order valence-corrected chi connectivity index (χ2v) is 6.19. The molecule has 1 aromatic rings. The Morgan fingerprint density at radius 1 is 1.43 bits per heavy atom. The number of halogens is 1. The van der Waals surface area contributed by atoms with Crippen molar-refractivity contribution in [1.29, 1.82) is 0 Å². The number of hydrogen-bond donors (Lipinski definition) is 1. The third-order valence-corrected chi connectivity index (χ3v) is 5.37. The standard InChI is InChI=1S/C10H12BrNOS/c11-7-3-8(14-4-7)9(5-13-6-9)10(12)1-2-10/h3-4H,1-2,5-6,12H2. The zero-order valence-corrected chi connectivity index (χ0v) is 10.2. The summed E-state index contributed by atoms with van der Waals surface area (Å²) >= 11 is 5.29. The zero-order chi connectivity index (χ0) is 9.81. The quantitative estimate of drug-likeness (QED) is 0.898. The van der Waals surface area contributed by atoms with E-state index in [9.17, 15) is 0 Å². The van der Waals surface area contributed by atoms with Crippen molar-refractivity contribution in [3.8, 4) is 0 Å². The first kappa shape index (κ1) is 9.33. The highest BCUT2D eigenvalue weighted by atomic mass is 79.9. The topological polar surface area (TPSA) is 35.2 Å². The van der Waals surface area contributed by atoms with Crippen molar-refractivity contribution < 1.29 is 4.74 Å². The van der Waals surface area contributed by atoms with E-state index in [-0.39, 0.29) is 11.0 Å². The van der Waals surface area contributed by atoms with Crippen molar-refractivity contribution in [2.24, 2.45) is 5.73 Å². The third-order valence-electron chi connectivity index (χ3n) is 3.48. The summed E-state index contributed by atoms with van der Waals surface area (Å²) in [6.07, 6.45) is 2.29. The number of nitrogens with two attached hydrogens (primary N) is 1. The lowest BCUT2D eigenvalue weighted by Crippen LogP contribution is -2.60. The van der Waals surface area contributed by atoms with Crippen LogP contribution >= 0.6 is 27.3 Å². The first-order valence-corrected chi connectivity index (χ1v) is 6.45. The molecule has 0 radical (unpaired) electrons. The molecule has 1 aromatic heterocycles. The summed E-state index contributed by atoms with van der Waals surface area (Å²) in [7, 11) is 0. The van der Waals surface area contributed by atoms with Crippen LogP contribution in [0.5, 0.6) is 0 Å². The summed E-state index contributed by atoms with van der Waals surface area (Å²) in [6.45, 7) is 1.60. The summed E-state index contributed by atoms with van der Waals surface area (Å²) in [5.74, 6) is 0. The number of rotatable bonds is 2. The van der Waals surface area contributed by atoms with Crippen molar-refractivity contribution in [1.82, 2.24) is 0 Å². The molecule has 0 atom stereocenters. The Morgan fingerprint density at radius 3 is 2.50 bits per heavy atom. The van der Waals surface area contributed by atoms with E-state index >= 15 is 0 Å². The second kappa shape index (κ2) is 2.82. The lowest BCUT2D eigenvalue weighted by molar-refractivity contribution is -0.0767. The van der Waals surface area contributed by atoms with E-state index in [0.29, 0.717) is 0 Å². The van der Waals surface area contributed by atoms with Gasteiger partial charge in [-0.1, -0.05) is 0 Å². The van der Waals surface area contributed by atoms with Gasteiger partial charge in [0.15, 0.2) is 0 Å². The molecule has 2 N–H and O–H groups in total. The Morgan fingerprint density at radius 2 is 2.14 bits per heavy atom. The van der Waals surface area contributed by atoms with E-state index in [2.05, 4.69) is 27.4 Å². The molecular weight excluding hydrogens is 262 g/mol. The minimum atomic E-state index is 0.0234. The SMILES string of the molecule is NC1(C2(c3cc(Br)cs3)COC2)CC1. The molecule has 1 aliphatic carbocycles. The summed E-state index contributed by atoms with van der Waals surface area (Å²) in [4.78, 5) is 1.38. The van der Waals surface area contributed by atoms with Crippen molar-refractivity contribution in [3.05, 3.63) is 20.8 Å². The summed E-state index contributed by atoms with van der Waals surface area (Å²) in [5.41, 5.74) is 6.49. The van der Waals surface area contributed by atoms with E-state index < -0.39 is 0 Å². The van der Waals surface area contributed by atoms with Gasteiger partial charge in [-0.25, -0.2) is 0 Å². The molecule has 2 heterocycles. The molecule has 2 aliphatic rings. The average Bonchev–Trinajstić information content (AvgIpc) is 2.63. The number of hydrogen-bond acceptors (Lipinski definition) is 3. The van der Waals surface area contributed by atoms with Crippen LogP contribution in [0.2, 0.25) is 0 Å². The van der Waals surface area contributed by atoms with Gasteiger partial charge >= 0.3 is 0 Å². The van der Waals surface area contributed by atoms with Crippen LogP contribution in [0.4, 0.5) is 0 Å². The van der Waals surface area contributed by atoms with Gasteiger partial charge in [0, 0.05) is 20.3 Å². The predicted octanol–water partition coefficient (Wildman–Crippen LogP) is 2.27. The van der Waals surface area contributed by atoms with Gasteiger partial charge in [0.05, 0.1) is 18.6 Å². The fraction of sp³-hybridized carbons (Fsp3) is 0.600. The Bertz CT molecular complexity index is 368. The molecule has 14 heavy (non-hydrogen) atoms. The highest BCUT2D eigenvalue weighted by Crippen LogP contribution is 2.54. The van der Waals surface area contributed by atoms with Crippen LogP contribution < -0.4 is 5.73 Å². The molecule has 1 aliphatic heterocycles. The molecule has 0 amide bonds. The van der Waals surface area contributed by atoms with Crippen LogP contribution in [0.25, 0.3) is 0 Å². The van der Waals surface area contributed by atoms with Gasteiger partial charge in [0.1, 0.15) is 0 Å². The maximum Gasteiger partial charge on any atom is 0.0693 e. The van der Waals surface area contributed by atoms with Gasteiger partial charge in [-0.2, -0.15) is 0 Å². The molecule has 2 fully saturated rings. The molecule has 3 rings (SSSR count). The van der Waals surface area contributed by atoms with Crippen molar-refractivity contribution in [3.63, 3.8) is 0 Å². The largest absolute Gasteiger partial charge is 0.379 e. The van der Waals surface area contributed by atoms with Gasteiger partial charge < -0.3 is 10.5 Å². The molecule has 0 spiro atoms. The second-order valence-electron chi connectivity index (χ2n) is 4.36. The molecule has 1 saturated carbocycles. The van der Waals surface area contributed by atoms with Crippen LogP contribution in [0.15, 0.2) is 15.9 Å². The fourth-order valence-corrected chi connectivity index (χ4v) is 3.87. The monoisotopic (exact) mass is 273 g/mol. The number of thiophene rings is 1. The predicted molar refractivity (Wildman–Crippen MR) is 60.7 cm³/mol. The molecule has 2 nitrogen and oxygen atoms in total. The Balaban J connectivity index is 2.01. The summed E-state index contributed by atoms with van der Waals surface area (Å²) in [5, 5.41) is 2.13. The lowest BCUT2D eigenvalue weighted by Gasteiger charge is -2.45. The molecular formula is C10H12BrNOS. The van der Waals surface area contributed by atoms with Gasteiger partial charge in [-0.3, -0.25) is 0 Å². The first-order valence-electron chi connectivity index (χ1n) is 4.78. The van der Waals surface area contributed by atoms with Gasteiger partial charge in [-0.05, 0) is 34.8 Å². The highest BCUT2D eigenvalue weighted by Gasteiger charge is 2.62. The van der Waals surface area contributed by atoms with Crippen molar-refractivity contribution in [2.75, 3.05) is 13.2 Å².